The minimum absolute atomic E-state index is 0.00319. The molecule has 0 aromatic heterocycles. The first-order valence-electron chi connectivity index (χ1n) is 5.55. The van der Waals surface area contributed by atoms with Crippen molar-refractivity contribution in [1.29, 1.82) is 0 Å². The lowest BCUT2D eigenvalue weighted by Gasteiger charge is -2.11. The standard InChI is InChI=1S/C13H17NO3/c1-9(8-15)7-14-13(17)12-6-4-3-5-11(12)10(2)16/h3-6,9,15H,7-8H2,1-2H3,(H,14,17). The molecule has 1 unspecified atom stereocenters. The Kier molecular flexibility index (Phi) is 4.84. The molecular weight excluding hydrogens is 218 g/mol. The Bertz CT molecular complexity index is 415. The van der Waals surface area contributed by atoms with Crippen molar-refractivity contribution in [2.45, 2.75) is 13.8 Å². The van der Waals surface area contributed by atoms with Gasteiger partial charge in [0.1, 0.15) is 0 Å². The molecule has 4 nitrogen and oxygen atoms in total. The van der Waals surface area contributed by atoms with Crippen LogP contribution in [-0.4, -0.2) is 29.9 Å². The monoisotopic (exact) mass is 235 g/mol. The summed E-state index contributed by atoms with van der Waals surface area (Å²) in [6, 6.07) is 6.70. The molecule has 92 valence electrons. The highest BCUT2D eigenvalue weighted by Crippen LogP contribution is 2.09. The van der Waals surface area contributed by atoms with E-state index in [0.717, 1.165) is 0 Å². The van der Waals surface area contributed by atoms with E-state index in [0.29, 0.717) is 17.7 Å². The predicted molar refractivity (Wildman–Crippen MR) is 65.0 cm³/mol. The number of aliphatic hydroxyl groups excluding tert-OH is 1. The third-order valence-electron chi connectivity index (χ3n) is 2.47. The molecule has 17 heavy (non-hydrogen) atoms. The summed E-state index contributed by atoms with van der Waals surface area (Å²) in [4.78, 5) is 23.2. The number of rotatable bonds is 5. The summed E-state index contributed by atoms with van der Waals surface area (Å²) < 4.78 is 0. The molecule has 0 aliphatic heterocycles. The average Bonchev–Trinajstić information content (AvgIpc) is 2.35. The van der Waals surface area contributed by atoms with Crippen molar-refractivity contribution in [3.63, 3.8) is 0 Å². The lowest BCUT2D eigenvalue weighted by Crippen LogP contribution is -2.30. The van der Waals surface area contributed by atoms with Gasteiger partial charge in [-0.15, -0.1) is 0 Å². The van der Waals surface area contributed by atoms with Gasteiger partial charge in [-0.2, -0.15) is 0 Å². The molecule has 1 aromatic carbocycles. The Morgan fingerprint density at radius 3 is 2.41 bits per heavy atom. The van der Waals surface area contributed by atoms with Crippen LogP contribution in [0.5, 0.6) is 0 Å². The van der Waals surface area contributed by atoms with Gasteiger partial charge >= 0.3 is 0 Å². The molecule has 1 aromatic rings. The predicted octanol–water partition coefficient (Wildman–Crippen LogP) is 1.25. The van der Waals surface area contributed by atoms with Crippen molar-refractivity contribution < 1.29 is 14.7 Å². The van der Waals surface area contributed by atoms with E-state index in [1.54, 1.807) is 24.3 Å². The number of nitrogens with one attached hydrogen (secondary N) is 1. The number of ketones is 1. The molecule has 0 aliphatic carbocycles. The molecule has 0 radical (unpaired) electrons. The first-order valence-corrected chi connectivity index (χ1v) is 5.55. The molecule has 1 amide bonds. The van der Waals surface area contributed by atoms with Crippen LogP contribution in [0.25, 0.3) is 0 Å². The van der Waals surface area contributed by atoms with E-state index in [9.17, 15) is 9.59 Å². The first-order chi connectivity index (χ1) is 8.06. The molecule has 4 heteroatoms. The first kappa shape index (κ1) is 13.4. The third kappa shape index (κ3) is 3.67. The number of Topliss-reactive ketones (excluding diaryl/α,β-unsaturated/α-hetero) is 1. The zero-order valence-electron chi connectivity index (χ0n) is 10.1. The van der Waals surface area contributed by atoms with Crippen LogP contribution in [0.2, 0.25) is 0 Å². The molecule has 2 N–H and O–H groups in total. The van der Waals surface area contributed by atoms with Crippen LogP contribution in [0, 0.1) is 5.92 Å². The summed E-state index contributed by atoms with van der Waals surface area (Å²) in [5.41, 5.74) is 0.798. The largest absolute Gasteiger partial charge is 0.396 e. The molecule has 0 spiro atoms. The van der Waals surface area contributed by atoms with Gasteiger partial charge in [-0.05, 0) is 18.9 Å². The van der Waals surface area contributed by atoms with Crippen molar-refractivity contribution in [2.24, 2.45) is 5.92 Å². The highest BCUT2D eigenvalue weighted by molar-refractivity contribution is 6.07. The fourth-order valence-corrected chi connectivity index (χ4v) is 1.41. The number of hydrogen-bond donors (Lipinski definition) is 2. The summed E-state index contributed by atoms with van der Waals surface area (Å²) in [6.45, 7) is 3.68. The van der Waals surface area contributed by atoms with E-state index in [2.05, 4.69) is 5.32 Å². The summed E-state index contributed by atoms with van der Waals surface area (Å²) in [7, 11) is 0. The van der Waals surface area contributed by atoms with Gasteiger partial charge in [0.2, 0.25) is 0 Å². The third-order valence-corrected chi connectivity index (χ3v) is 2.47. The fourth-order valence-electron chi connectivity index (χ4n) is 1.41. The van der Waals surface area contributed by atoms with Gasteiger partial charge in [-0.25, -0.2) is 0 Å². The number of hydrogen-bond acceptors (Lipinski definition) is 3. The lowest BCUT2D eigenvalue weighted by molar-refractivity contribution is 0.0929. The maximum Gasteiger partial charge on any atom is 0.252 e. The lowest BCUT2D eigenvalue weighted by atomic mass is 10.0. The summed E-state index contributed by atoms with van der Waals surface area (Å²) in [6.07, 6.45) is 0. The smallest absolute Gasteiger partial charge is 0.252 e. The Morgan fingerprint density at radius 2 is 1.88 bits per heavy atom. The van der Waals surface area contributed by atoms with Crippen LogP contribution >= 0.6 is 0 Å². The quantitative estimate of drug-likeness (QED) is 0.755. The van der Waals surface area contributed by atoms with Gasteiger partial charge in [0.15, 0.2) is 5.78 Å². The van der Waals surface area contributed by atoms with Crippen LogP contribution in [0.4, 0.5) is 0 Å². The Labute approximate surface area is 101 Å². The van der Waals surface area contributed by atoms with Crippen LogP contribution in [0.3, 0.4) is 0 Å². The molecule has 1 atom stereocenters. The second kappa shape index (κ2) is 6.15. The van der Waals surface area contributed by atoms with Gasteiger partial charge in [0, 0.05) is 18.7 Å². The second-order valence-electron chi connectivity index (χ2n) is 4.10. The van der Waals surface area contributed by atoms with Gasteiger partial charge in [0.05, 0.1) is 5.56 Å². The Morgan fingerprint density at radius 1 is 1.29 bits per heavy atom. The highest BCUT2D eigenvalue weighted by Gasteiger charge is 2.13. The van der Waals surface area contributed by atoms with Crippen molar-refractivity contribution in [3.05, 3.63) is 35.4 Å². The molecule has 0 heterocycles. The van der Waals surface area contributed by atoms with Crippen LogP contribution in [0.15, 0.2) is 24.3 Å². The highest BCUT2D eigenvalue weighted by atomic mass is 16.3. The van der Waals surface area contributed by atoms with Gasteiger partial charge in [-0.3, -0.25) is 9.59 Å². The number of benzene rings is 1. The minimum atomic E-state index is -0.281. The van der Waals surface area contributed by atoms with Gasteiger partial charge in [-0.1, -0.05) is 25.1 Å². The number of aliphatic hydroxyl groups is 1. The van der Waals surface area contributed by atoms with Gasteiger partial charge < -0.3 is 10.4 Å². The normalized spacial score (nSPS) is 11.9. The van der Waals surface area contributed by atoms with E-state index in [-0.39, 0.29) is 24.2 Å². The molecule has 0 bridgehead atoms. The van der Waals surface area contributed by atoms with E-state index in [4.69, 9.17) is 5.11 Å². The molecule has 0 fully saturated rings. The zero-order valence-corrected chi connectivity index (χ0v) is 10.1. The van der Waals surface area contributed by atoms with E-state index < -0.39 is 0 Å². The number of carbonyl (C=O) groups is 2. The van der Waals surface area contributed by atoms with E-state index in [1.165, 1.54) is 6.92 Å². The molecular formula is C13H17NO3. The molecule has 1 rings (SSSR count). The van der Waals surface area contributed by atoms with Crippen molar-refractivity contribution in [3.8, 4) is 0 Å². The average molecular weight is 235 g/mol. The fraction of sp³-hybridized carbons (Fsp3) is 0.385. The molecule has 0 saturated carbocycles. The number of amides is 1. The Hall–Kier alpha value is -1.68. The van der Waals surface area contributed by atoms with Crippen molar-refractivity contribution in [2.75, 3.05) is 13.2 Å². The second-order valence-corrected chi connectivity index (χ2v) is 4.10. The zero-order chi connectivity index (χ0) is 12.8. The minimum Gasteiger partial charge on any atom is -0.396 e. The van der Waals surface area contributed by atoms with Crippen LogP contribution < -0.4 is 5.32 Å². The van der Waals surface area contributed by atoms with Crippen molar-refractivity contribution >= 4 is 11.7 Å². The van der Waals surface area contributed by atoms with Crippen molar-refractivity contribution in [1.82, 2.24) is 5.32 Å². The summed E-state index contributed by atoms with van der Waals surface area (Å²) >= 11 is 0. The maximum atomic E-state index is 11.8. The van der Waals surface area contributed by atoms with Gasteiger partial charge in [0.25, 0.3) is 5.91 Å². The van der Waals surface area contributed by atoms with E-state index >= 15 is 0 Å². The Balaban J connectivity index is 2.78. The summed E-state index contributed by atoms with van der Waals surface area (Å²) in [5, 5.41) is 11.5. The number of carbonyl (C=O) groups excluding carboxylic acids is 2. The van der Waals surface area contributed by atoms with Crippen LogP contribution in [-0.2, 0) is 0 Å². The SMILES string of the molecule is CC(=O)c1ccccc1C(=O)NCC(C)CO. The maximum absolute atomic E-state index is 11.8. The molecule has 0 aliphatic rings. The van der Waals surface area contributed by atoms with E-state index in [1.807, 2.05) is 6.92 Å². The topological polar surface area (TPSA) is 66.4 Å². The summed E-state index contributed by atoms with van der Waals surface area (Å²) in [5.74, 6) is -0.412. The molecule has 0 saturated heterocycles. The van der Waals surface area contributed by atoms with Crippen LogP contribution in [0.1, 0.15) is 34.6 Å².